The molecule has 0 saturated heterocycles. The van der Waals surface area contributed by atoms with Crippen molar-refractivity contribution in [1.29, 1.82) is 5.26 Å². The normalized spacial score (nSPS) is 9.27. The van der Waals surface area contributed by atoms with Crippen molar-refractivity contribution in [3.63, 3.8) is 0 Å². The number of benzene rings is 1. The first-order valence-electron chi connectivity index (χ1n) is 3.01. The van der Waals surface area contributed by atoms with Crippen molar-refractivity contribution in [3.8, 4) is 6.07 Å². The lowest BCUT2D eigenvalue weighted by Crippen LogP contribution is -1.80. The van der Waals surface area contributed by atoms with Crippen molar-refractivity contribution in [1.82, 2.24) is 0 Å². The Kier molecular flexibility index (Phi) is 2.53. The summed E-state index contributed by atoms with van der Waals surface area (Å²) < 4.78 is 0.793. The second-order valence-corrected chi connectivity index (χ2v) is 3.45. The van der Waals surface area contributed by atoms with E-state index in [0.717, 1.165) is 10.0 Å². The fourth-order valence-corrected chi connectivity index (χ4v) is 1.44. The molecule has 1 aromatic carbocycles. The van der Waals surface area contributed by atoms with E-state index in [0.29, 0.717) is 10.6 Å². The molecule has 0 atom stereocenters. The first kappa shape index (κ1) is 8.58. The average molecular weight is 230 g/mol. The maximum absolute atomic E-state index is 8.60. The SMILES string of the molecule is Cc1cc(Br)c(C#N)cc1Cl. The predicted octanol–water partition coefficient (Wildman–Crippen LogP) is 3.28. The molecule has 11 heavy (non-hydrogen) atoms. The molecule has 0 spiro atoms. The van der Waals surface area contributed by atoms with Crippen LogP contribution in [0.15, 0.2) is 16.6 Å². The van der Waals surface area contributed by atoms with Gasteiger partial charge in [-0.15, -0.1) is 0 Å². The predicted molar refractivity (Wildman–Crippen MR) is 48.6 cm³/mol. The highest BCUT2D eigenvalue weighted by Gasteiger charge is 2.01. The van der Waals surface area contributed by atoms with E-state index in [-0.39, 0.29) is 0 Å². The van der Waals surface area contributed by atoms with Gasteiger partial charge in [-0.3, -0.25) is 0 Å². The number of hydrogen-bond acceptors (Lipinski definition) is 1. The van der Waals surface area contributed by atoms with Crippen LogP contribution >= 0.6 is 27.5 Å². The van der Waals surface area contributed by atoms with Crippen LogP contribution in [0.3, 0.4) is 0 Å². The Morgan fingerprint density at radius 2 is 2.18 bits per heavy atom. The lowest BCUT2D eigenvalue weighted by molar-refractivity contribution is 1.40. The number of rotatable bonds is 0. The maximum atomic E-state index is 8.60. The van der Waals surface area contributed by atoms with Gasteiger partial charge in [-0.2, -0.15) is 5.26 Å². The molecule has 0 aliphatic carbocycles. The molecule has 1 rings (SSSR count). The van der Waals surface area contributed by atoms with Gasteiger partial charge in [0.1, 0.15) is 6.07 Å². The molecule has 1 nitrogen and oxygen atoms in total. The molecule has 0 aliphatic rings. The minimum absolute atomic E-state index is 0.570. The molecular formula is C8H5BrClN. The number of nitrogens with zero attached hydrogens (tertiary/aromatic N) is 1. The summed E-state index contributed by atoms with van der Waals surface area (Å²) in [6, 6.07) is 5.52. The van der Waals surface area contributed by atoms with Gasteiger partial charge in [0.15, 0.2) is 0 Å². The van der Waals surface area contributed by atoms with Gasteiger partial charge < -0.3 is 0 Å². The van der Waals surface area contributed by atoms with Gasteiger partial charge in [-0.1, -0.05) is 11.6 Å². The Labute approximate surface area is 78.7 Å². The summed E-state index contributed by atoms with van der Waals surface area (Å²) in [5, 5.41) is 9.22. The van der Waals surface area contributed by atoms with Gasteiger partial charge in [-0.25, -0.2) is 0 Å². The molecule has 0 amide bonds. The highest BCUT2D eigenvalue weighted by atomic mass is 79.9. The second kappa shape index (κ2) is 3.25. The number of aryl methyl sites for hydroxylation is 1. The summed E-state index contributed by atoms with van der Waals surface area (Å²) >= 11 is 9.05. The van der Waals surface area contributed by atoms with Gasteiger partial charge in [0, 0.05) is 9.50 Å². The van der Waals surface area contributed by atoms with Crippen molar-refractivity contribution in [2.24, 2.45) is 0 Å². The lowest BCUT2D eigenvalue weighted by Gasteiger charge is -1.99. The van der Waals surface area contributed by atoms with Crippen molar-refractivity contribution < 1.29 is 0 Å². The number of halogens is 2. The van der Waals surface area contributed by atoms with Crippen LogP contribution in [0.4, 0.5) is 0 Å². The Morgan fingerprint density at radius 1 is 1.55 bits per heavy atom. The quantitative estimate of drug-likeness (QED) is 0.671. The molecular weight excluding hydrogens is 225 g/mol. The standard InChI is InChI=1S/C8H5BrClN/c1-5-2-7(9)6(4-11)3-8(5)10/h2-3H,1H3. The van der Waals surface area contributed by atoms with Crippen LogP contribution in [-0.2, 0) is 0 Å². The first-order chi connectivity index (χ1) is 5.15. The zero-order valence-electron chi connectivity index (χ0n) is 5.86. The van der Waals surface area contributed by atoms with E-state index in [9.17, 15) is 0 Å². The summed E-state index contributed by atoms with van der Waals surface area (Å²) in [4.78, 5) is 0. The molecule has 0 bridgehead atoms. The summed E-state index contributed by atoms with van der Waals surface area (Å²) in [5.41, 5.74) is 1.54. The van der Waals surface area contributed by atoms with E-state index < -0.39 is 0 Å². The van der Waals surface area contributed by atoms with Crippen LogP contribution in [0.25, 0.3) is 0 Å². The van der Waals surface area contributed by atoms with Crippen molar-refractivity contribution in [2.45, 2.75) is 6.92 Å². The largest absolute Gasteiger partial charge is 0.192 e. The third-order valence-electron chi connectivity index (χ3n) is 1.37. The molecule has 1 aromatic rings. The molecule has 0 radical (unpaired) electrons. The van der Waals surface area contributed by atoms with Gasteiger partial charge in [0.25, 0.3) is 0 Å². The topological polar surface area (TPSA) is 23.8 Å². The zero-order chi connectivity index (χ0) is 8.43. The van der Waals surface area contributed by atoms with Crippen LogP contribution in [0, 0.1) is 18.3 Å². The molecule has 0 aliphatic heterocycles. The Morgan fingerprint density at radius 3 is 2.73 bits per heavy atom. The van der Waals surface area contributed by atoms with E-state index in [1.54, 1.807) is 6.07 Å². The van der Waals surface area contributed by atoms with Crippen LogP contribution in [0.1, 0.15) is 11.1 Å². The molecule has 0 unspecified atom stereocenters. The molecule has 0 saturated carbocycles. The number of nitriles is 1. The van der Waals surface area contributed by atoms with Crippen LogP contribution in [0.5, 0.6) is 0 Å². The highest BCUT2D eigenvalue weighted by molar-refractivity contribution is 9.10. The highest BCUT2D eigenvalue weighted by Crippen LogP contribution is 2.24. The monoisotopic (exact) mass is 229 g/mol. The molecule has 0 aromatic heterocycles. The Balaban J connectivity index is 3.35. The fourth-order valence-electron chi connectivity index (χ4n) is 0.732. The van der Waals surface area contributed by atoms with Crippen molar-refractivity contribution in [3.05, 3.63) is 32.8 Å². The van der Waals surface area contributed by atoms with Crippen molar-refractivity contribution >= 4 is 27.5 Å². The van der Waals surface area contributed by atoms with Crippen molar-refractivity contribution in [2.75, 3.05) is 0 Å². The minimum Gasteiger partial charge on any atom is -0.192 e. The summed E-state index contributed by atoms with van der Waals surface area (Å²) in [5.74, 6) is 0. The van der Waals surface area contributed by atoms with E-state index in [2.05, 4.69) is 15.9 Å². The first-order valence-corrected chi connectivity index (χ1v) is 4.18. The maximum Gasteiger partial charge on any atom is 0.100 e. The molecule has 0 fully saturated rings. The molecule has 0 N–H and O–H groups in total. The van der Waals surface area contributed by atoms with Gasteiger partial charge in [-0.05, 0) is 40.5 Å². The summed E-state index contributed by atoms with van der Waals surface area (Å²) in [6.45, 7) is 1.90. The number of hydrogen-bond donors (Lipinski definition) is 0. The summed E-state index contributed by atoms with van der Waals surface area (Å²) in [7, 11) is 0. The summed E-state index contributed by atoms with van der Waals surface area (Å²) in [6.07, 6.45) is 0. The Hall–Kier alpha value is -0.520. The minimum atomic E-state index is 0.570. The van der Waals surface area contributed by atoms with E-state index in [1.807, 2.05) is 19.1 Å². The molecule has 0 heterocycles. The van der Waals surface area contributed by atoms with Crippen LogP contribution < -0.4 is 0 Å². The average Bonchev–Trinajstić information content (AvgIpc) is 1.97. The smallest absolute Gasteiger partial charge is 0.100 e. The van der Waals surface area contributed by atoms with Gasteiger partial charge in [0.2, 0.25) is 0 Å². The van der Waals surface area contributed by atoms with Gasteiger partial charge >= 0.3 is 0 Å². The zero-order valence-corrected chi connectivity index (χ0v) is 8.20. The fraction of sp³-hybridized carbons (Fsp3) is 0.125. The van der Waals surface area contributed by atoms with Gasteiger partial charge in [0.05, 0.1) is 5.56 Å². The third-order valence-corrected chi connectivity index (χ3v) is 2.43. The van der Waals surface area contributed by atoms with Crippen LogP contribution in [-0.4, -0.2) is 0 Å². The molecule has 56 valence electrons. The van der Waals surface area contributed by atoms with Crippen LogP contribution in [0.2, 0.25) is 5.02 Å². The Bertz CT molecular complexity index is 328. The third kappa shape index (κ3) is 1.74. The lowest BCUT2D eigenvalue weighted by atomic mass is 10.2. The second-order valence-electron chi connectivity index (χ2n) is 2.19. The van der Waals surface area contributed by atoms with E-state index in [4.69, 9.17) is 16.9 Å². The van der Waals surface area contributed by atoms with E-state index in [1.165, 1.54) is 0 Å². The molecule has 3 heteroatoms. The van der Waals surface area contributed by atoms with E-state index >= 15 is 0 Å².